The van der Waals surface area contributed by atoms with E-state index in [1.54, 1.807) is 0 Å². The fourth-order valence-corrected chi connectivity index (χ4v) is 1.48. The van der Waals surface area contributed by atoms with E-state index in [-0.39, 0.29) is 17.3 Å². The van der Waals surface area contributed by atoms with Gasteiger partial charge < -0.3 is 15.2 Å². The van der Waals surface area contributed by atoms with Crippen molar-refractivity contribution in [3.8, 4) is 11.6 Å². The Morgan fingerprint density at radius 3 is 2.52 bits per heavy atom. The number of nitrogens with zero attached hydrogens (tertiary/aromatic N) is 2. The Morgan fingerprint density at radius 2 is 2.00 bits per heavy atom. The number of aromatic carboxylic acids is 1. The summed E-state index contributed by atoms with van der Waals surface area (Å²) < 4.78 is 18.7. The first-order valence-corrected chi connectivity index (χ1v) is 5.78. The number of aromatic nitrogens is 2. The zero-order chi connectivity index (χ0) is 15.4. The van der Waals surface area contributed by atoms with Crippen LogP contribution in [0.1, 0.15) is 20.8 Å². The summed E-state index contributed by atoms with van der Waals surface area (Å²) in [7, 11) is 1.46. The normalized spacial score (nSPS) is 10.0. The third kappa shape index (κ3) is 3.30. The van der Waals surface area contributed by atoms with Crippen molar-refractivity contribution in [2.45, 2.75) is 0 Å². The van der Waals surface area contributed by atoms with E-state index in [1.165, 1.54) is 25.2 Å². The Labute approximate surface area is 118 Å². The molecule has 1 aromatic carbocycles. The molecule has 0 bridgehead atoms. The number of halogens is 1. The Kier molecular flexibility index (Phi) is 4.07. The minimum absolute atomic E-state index is 0.0464. The molecule has 2 rings (SSSR count). The van der Waals surface area contributed by atoms with E-state index in [4.69, 9.17) is 9.84 Å². The largest absolute Gasteiger partial charge is 0.478 e. The van der Waals surface area contributed by atoms with Gasteiger partial charge in [-0.3, -0.25) is 4.79 Å². The van der Waals surface area contributed by atoms with Crippen LogP contribution in [0.5, 0.6) is 11.6 Å². The van der Waals surface area contributed by atoms with Crippen molar-refractivity contribution in [3.05, 3.63) is 47.4 Å². The lowest BCUT2D eigenvalue weighted by atomic mass is 10.2. The fraction of sp³-hybridized carbons (Fsp3) is 0.0769. The van der Waals surface area contributed by atoms with Gasteiger partial charge in [-0.25, -0.2) is 9.18 Å². The number of carboxylic acids is 1. The van der Waals surface area contributed by atoms with Crippen LogP contribution in [0.4, 0.5) is 4.39 Å². The van der Waals surface area contributed by atoms with Crippen molar-refractivity contribution in [1.29, 1.82) is 0 Å². The first-order valence-electron chi connectivity index (χ1n) is 5.78. The molecule has 7 nitrogen and oxygen atoms in total. The summed E-state index contributed by atoms with van der Waals surface area (Å²) in [6.45, 7) is 0. The summed E-state index contributed by atoms with van der Waals surface area (Å²) in [6, 6.07) is 6.09. The van der Waals surface area contributed by atoms with E-state index in [1.807, 2.05) is 0 Å². The number of nitrogens with one attached hydrogen (secondary N) is 1. The number of hydrogen-bond donors (Lipinski definition) is 2. The average molecular weight is 291 g/mol. The zero-order valence-corrected chi connectivity index (χ0v) is 10.8. The number of ether oxygens (including phenoxy) is 1. The van der Waals surface area contributed by atoms with Crippen LogP contribution in [0.3, 0.4) is 0 Å². The van der Waals surface area contributed by atoms with Gasteiger partial charge in [0.05, 0.1) is 5.56 Å². The molecule has 2 aromatic rings. The number of carboxylic acid groups (broad SMARTS) is 1. The maximum atomic E-state index is 13.5. The molecule has 8 heteroatoms. The van der Waals surface area contributed by atoms with Crippen molar-refractivity contribution in [1.82, 2.24) is 15.5 Å². The molecular formula is C13H10FN3O4. The van der Waals surface area contributed by atoms with Gasteiger partial charge in [-0.15, -0.1) is 10.2 Å². The molecule has 1 heterocycles. The van der Waals surface area contributed by atoms with Crippen molar-refractivity contribution >= 4 is 11.9 Å². The molecule has 1 aromatic heterocycles. The molecule has 108 valence electrons. The smallest absolute Gasteiger partial charge is 0.338 e. The Morgan fingerprint density at radius 1 is 1.24 bits per heavy atom. The van der Waals surface area contributed by atoms with Gasteiger partial charge in [0.2, 0.25) is 5.88 Å². The van der Waals surface area contributed by atoms with Gasteiger partial charge in [-0.1, -0.05) is 0 Å². The fourth-order valence-electron chi connectivity index (χ4n) is 1.48. The number of rotatable bonds is 4. The topological polar surface area (TPSA) is 101 Å². The lowest BCUT2D eigenvalue weighted by Gasteiger charge is -2.05. The van der Waals surface area contributed by atoms with Crippen LogP contribution in [0.2, 0.25) is 0 Å². The van der Waals surface area contributed by atoms with Gasteiger partial charge in [0.1, 0.15) is 11.6 Å². The van der Waals surface area contributed by atoms with E-state index in [9.17, 15) is 14.0 Å². The molecular weight excluding hydrogens is 281 g/mol. The van der Waals surface area contributed by atoms with Crippen LogP contribution in [-0.4, -0.2) is 34.2 Å². The molecule has 2 N–H and O–H groups in total. The summed E-state index contributed by atoms with van der Waals surface area (Å²) in [4.78, 5) is 21.9. The van der Waals surface area contributed by atoms with Crippen molar-refractivity contribution in [2.75, 3.05) is 7.05 Å². The molecule has 0 fully saturated rings. The molecule has 21 heavy (non-hydrogen) atoms. The monoisotopic (exact) mass is 291 g/mol. The maximum Gasteiger partial charge on any atom is 0.338 e. The van der Waals surface area contributed by atoms with Crippen LogP contribution in [0.15, 0.2) is 30.3 Å². The van der Waals surface area contributed by atoms with Crippen LogP contribution >= 0.6 is 0 Å². The summed E-state index contributed by atoms with van der Waals surface area (Å²) in [5.41, 5.74) is -0.347. The molecule has 0 spiro atoms. The number of carbonyl (C=O) groups excluding carboxylic acids is 1. The number of hydrogen-bond acceptors (Lipinski definition) is 5. The van der Waals surface area contributed by atoms with E-state index >= 15 is 0 Å². The SMILES string of the molecule is CNC(=O)c1ccc(Oc2ccc(C(=O)O)c(F)c2)nn1. The van der Waals surface area contributed by atoms with E-state index in [0.29, 0.717) is 0 Å². The second-order valence-corrected chi connectivity index (χ2v) is 3.88. The molecule has 0 unspecified atom stereocenters. The molecule has 0 aliphatic heterocycles. The maximum absolute atomic E-state index is 13.5. The number of amides is 1. The van der Waals surface area contributed by atoms with E-state index < -0.39 is 23.3 Å². The number of benzene rings is 1. The molecule has 0 radical (unpaired) electrons. The minimum Gasteiger partial charge on any atom is -0.478 e. The van der Waals surface area contributed by atoms with E-state index in [2.05, 4.69) is 15.5 Å². The van der Waals surface area contributed by atoms with Crippen LogP contribution in [0, 0.1) is 5.82 Å². The highest BCUT2D eigenvalue weighted by Gasteiger charge is 2.12. The highest BCUT2D eigenvalue weighted by atomic mass is 19.1. The molecule has 1 amide bonds. The van der Waals surface area contributed by atoms with Crippen molar-refractivity contribution < 1.29 is 23.8 Å². The summed E-state index contributed by atoms with van der Waals surface area (Å²) >= 11 is 0. The van der Waals surface area contributed by atoms with Crippen LogP contribution in [-0.2, 0) is 0 Å². The van der Waals surface area contributed by atoms with Gasteiger partial charge in [0.15, 0.2) is 5.69 Å². The highest BCUT2D eigenvalue weighted by Crippen LogP contribution is 2.21. The second-order valence-electron chi connectivity index (χ2n) is 3.88. The van der Waals surface area contributed by atoms with Gasteiger partial charge in [0.25, 0.3) is 5.91 Å². The predicted octanol–water partition coefficient (Wildman–Crippen LogP) is 1.47. The van der Waals surface area contributed by atoms with E-state index in [0.717, 1.165) is 12.1 Å². The quantitative estimate of drug-likeness (QED) is 0.884. The van der Waals surface area contributed by atoms with Crippen molar-refractivity contribution in [3.63, 3.8) is 0 Å². The molecule has 0 aliphatic rings. The Bertz CT molecular complexity index is 688. The van der Waals surface area contributed by atoms with Gasteiger partial charge in [-0.05, 0) is 18.2 Å². The summed E-state index contributed by atoms with van der Waals surface area (Å²) in [5, 5.41) is 18.4. The predicted molar refractivity (Wildman–Crippen MR) is 68.9 cm³/mol. The molecule has 0 atom stereocenters. The molecule has 0 saturated carbocycles. The Balaban J connectivity index is 2.17. The van der Waals surface area contributed by atoms with Gasteiger partial charge >= 0.3 is 5.97 Å². The first-order chi connectivity index (χ1) is 10.0. The van der Waals surface area contributed by atoms with Crippen molar-refractivity contribution in [2.24, 2.45) is 0 Å². The average Bonchev–Trinajstić information content (AvgIpc) is 2.47. The minimum atomic E-state index is -1.37. The molecule has 0 aliphatic carbocycles. The van der Waals surface area contributed by atoms with Crippen LogP contribution < -0.4 is 10.1 Å². The lowest BCUT2D eigenvalue weighted by molar-refractivity contribution is 0.0691. The standard InChI is InChI=1S/C13H10FN3O4/c1-15-12(18)10-4-5-11(17-16-10)21-7-2-3-8(13(19)20)9(14)6-7/h2-6H,1H3,(H,15,18)(H,19,20). The summed E-state index contributed by atoms with van der Waals surface area (Å²) in [5.74, 6) is -2.57. The highest BCUT2D eigenvalue weighted by molar-refractivity contribution is 5.91. The summed E-state index contributed by atoms with van der Waals surface area (Å²) in [6.07, 6.45) is 0. The first kappa shape index (κ1) is 14.4. The third-order valence-electron chi connectivity index (χ3n) is 2.49. The molecule has 0 saturated heterocycles. The Hall–Kier alpha value is -3.03. The van der Waals surface area contributed by atoms with Gasteiger partial charge in [0, 0.05) is 19.2 Å². The van der Waals surface area contributed by atoms with Crippen LogP contribution in [0.25, 0.3) is 0 Å². The zero-order valence-electron chi connectivity index (χ0n) is 10.8. The second kappa shape index (κ2) is 5.95. The number of carbonyl (C=O) groups is 2. The lowest BCUT2D eigenvalue weighted by Crippen LogP contribution is -2.19. The van der Waals surface area contributed by atoms with Gasteiger partial charge in [-0.2, -0.15) is 0 Å². The third-order valence-corrected chi connectivity index (χ3v) is 2.49.